The number of carbonyl (C=O) groups is 1. The smallest absolute Gasteiger partial charge is 0.226 e. The van der Waals surface area contributed by atoms with Crippen LogP contribution in [0.25, 0.3) is 11.3 Å². The average molecular weight is 555 g/mol. The molecule has 0 aliphatic carbocycles. The van der Waals surface area contributed by atoms with Gasteiger partial charge in [0.1, 0.15) is 23.4 Å². The summed E-state index contributed by atoms with van der Waals surface area (Å²) in [5.74, 6) is 0.338. The molecule has 1 fully saturated rings. The minimum Gasteiger partial charge on any atom is -0.459 e. The molecule has 0 bridgehead atoms. The number of aromatic nitrogens is 1. The summed E-state index contributed by atoms with van der Waals surface area (Å²) in [7, 11) is 0. The Kier molecular flexibility index (Phi) is 7.41. The van der Waals surface area contributed by atoms with Crippen LogP contribution in [0.4, 0.5) is 10.1 Å². The highest BCUT2D eigenvalue weighted by Gasteiger charge is 2.41. The minimum absolute atomic E-state index is 0.0787. The van der Waals surface area contributed by atoms with Crippen LogP contribution in [-0.2, 0) is 4.79 Å². The molecule has 1 aliphatic rings. The van der Waals surface area contributed by atoms with Gasteiger partial charge < -0.3 is 20.0 Å². The summed E-state index contributed by atoms with van der Waals surface area (Å²) in [6, 6.07) is 20.0. The molecule has 2 atom stereocenters. The highest BCUT2D eigenvalue weighted by Crippen LogP contribution is 2.42. The largest absolute Gasteiger partial charge is 0.459 e. The van der Waals surface area contributed by atoms with E-state index in [0.29, 0.717) is 32.2 Å². The van der Waals surface area contributed by atoms with Crippen molar-refractivity contribution in [2.75, 3.05) is 11.9 Å². The first-order valence-corrected chi connectivity index (χ1v) is 12.7. The van der Waals surface area contributed by atoms with E-state index in [1.165, 1.54) is 12.1 Å². The van der Waals surface area contributed by atoms with Crippen molar-refractivity contribution in [3.8, 4) is 11.3 Å². The van der Waals surface area contributed by atoms with E-state index >= 15 is 0 Å². The van der Waals surface area contributed by atoms with Crippen LogP contribution in [0.2, 0.25) is 10.0 Å². The number of para-hydroxylation sites is 1. The fourth-order valence-electron chi connectivity index (χ4n) is 4.30. The third-order valence-electron chi connectivity index (χ3n) is 6.06. The Morgan fingerprint density at radius 3 is 2.68 bits per heavy atom. The second-order valence-corrected chi connectivity index (χ2v) is 9.57. The first-order valence-electron chi connectivity index (χ1n) is 11.5. The normalized spacial score (nSPS) is 17.1. The van der Waals surface area contributed by atoms with Crippen LogP contribution in [0, 0.1) is 5.82 Å². The van der Waals surface area contributed by atoms with Gasteiger partial charge in [-0.05, 0) is 60.7 Å². The van der Waals surface area contributed by atoms with Crippen LogP contribution >= 0.6 is 35.4 Å². The molecule has 6 nitrogen and oxygen atoms in total. The summed E-state index contributed by atoms with van der Waals surface area (Å²) in [5.41, 5.74) is 1.57. The van der Waals surface area contributed by atoms with E-state index in [1.54, 1.807) is 30.5 Å². The molecule has 5 rings (SSSR count). The fraction of sp³-hybridized carbons (Fsp3) is 0.148. The second kappa shape index (κ2) is 10.9. The Morgan fingerprint density at radius 1 is 1.08 bits per heavy atom. The maximum Gasteiger partial charge on any atom is 0.226 e. The van der Waals surface area contributed by atoms with Crippen molar-refractivity contribution in [2.24, 2.45) is 0 Å². The molecular formula is C27H21Cl2FN4O2S. The summed E-state index contributed by atoms with van der Waals surface area (Å²) < 4.78 is 20.3. The number of furan rings is 1. The number of rotatable bonds is 7. The number of hydrogen-bond donors (Lipinski definition) is 2. The van der Waals surface area contributed by atoms with E-state index in [4.69, 9.17) is 39.8 Å². The van der Waals surface area contributed by atoms with Crippen LogP contribution in [0.5, 0.6) is 0 Å². The van der Waals surface area contributed by atoms with Crippen LogP contribution in [0.3, 0.4) is 0 Å². The van der Waals surface area contributed by atoms with Gasteiger partial charge in [0.25, 0.3) is 0 Å². The van der Waals surface area contributed by atoms with Gasteiger partial charge in [-0.25, -0.2) is 4.39 Å². The van der Waals surface area contributed by atoms with Crippen molar-refractivity contribution >= 4 is 52.1 Å². The van der Waals surface area contributed by atoms with Crippen molar-refractivity contribution < 1.29 is 13.6 Å². The summed E-state index contributed by atoms with van der Waals surface area (Å²) in [6.07, 6.45) is 1.79. The van der Waals surface area contributed by atoms with Gasteiger partial charge in [-0.15, -0.1) is 0 Å². The molecule has 2 aromatic carbocycles. The molecule has 0 saturated carbocycles. The Morgan fingerprint density at radius 2 is 1.89 bits per heavy atom. The number of nitrogens with zero attached hydrogens (tertiary/aromatic N) is 2. The molecule has 2 N–H and O–H groups in total. The number of pyridine rings is 1. The lowest BCUT2D eigenvalue weighted by Gasteiger charge is -2.25. The first-order chi connectivity index (χ1) is 17.9. The van der Waals surface area contributed by atoms with E-state index in [9.17, 15) is 9.18 Å². The number of amides is 1. The first kappa shape index (κ1) is 25.2. The van der Waals surface area contributed by atoms with Crippen molar-refractivity contribution in [3.05, 3.63) is 106 Å². The molecule has 37 heavy (non-hydrogen) atoms. The van der Waals surface area contributed by atoms with Crippen LogP contribution in [-0.4, -0.2) is 27.4 Å². The van der Waals surface area contributed by atoms with Gasteiger partial charge in [0, 0.05) is 24.7 Å². The van der Waals surface area contributed by atoms with Gasteiger partial charge in [0.15, 0.2) is 5.11 Å². The molecule has 3 heterocycles. The number of halogens is 3. The summed E-state index contributed by atoms with van der Waals surface area (Å²) >= 11 is 18.3. The molecule has 1 saturated heterocycles. The molecule has 188 valence electrons. The topological polar surface area (TPSA) is 70.4 Å². The van der Waals surface area contributed by atoms with Gasteiger partial charge in [0.2, 0.25) is 5.91 Å². The fourth-order valence-corrected chi connectivity index (χ4v) is 5.03. The third kappa shape index (κ3) is 5.32. The average Bonchev–Trinajstić information content (AvgIpc) is 3.51. The Labute approximate surface area is 228 Å². The summed E-state index contributed by atoms with van der Waals surface area (Å²) in [5, 5.41) is 7.21. The lowest BCUT2D eigenvalue weighted by molar-refractivity contribution is -0.116. The molecule has 0 unspecified atom stereocenters. The predicted octanol–water partition coefficient (Wildman–Crippen LogP) is 6.79. The van der Waals surface area contributed by atoms with Gasteiger partial charge in [0.05, 0.1) is 27.5 Å². The zero-order valence-corrected chi connectivity index (χ0v) is 21.7. The van der Waals surface area contributed by atoms with Crippen LogP contribution in [0.15, 0.2) is 83.4 Å². The molecule has 0 spiro atoms. The van der Waals surface area contributed by atoms with Crippen LogP contribution < -0.4 is 10.6 Å². The predicted molar refractivity (Wildman–Crippen MR) is 146 cm³/mol. The van der Waals surface area contributed by atoms with Crippen molar-refractivity contribution in [1.82, 2.24) is 15.2 Å². The maximum atomic E-state index is 14.0. The van der Waals surface area contributed by atoms with E-state index in [0.717, 1.165) is 5.69 Å². The number of anilines is 1. The molecule has 0 radical (unpaired) electrons. The Balaban J connectivity index is 1.42. The van der Waals surface area contributed by atoms with Crippen molar-refractivity contribution in [2.45, 2.75) is 18.5 Å². The van der Waals surface area contributed by atoms with Gasteiger partial charge in [-0.1, -0.05) is 47.5 Å². The van der Waals surface area contributed by atoms with Gasteiger partial charge in [-0.2, -0.15) is 0 Å². The van der Waals surface area contributed by atoms with E-state index in [1.807, 2.05) is 41.3 Å². The third-order valence-corrected chi connectivity index (χ3v) is 7.23. The number of nitrogens with one attached hydrogen (secondary N) is 2. The van der Waals surface area contributed by atoms with E-state index < -0.39 is 11.9 Å². The molecule has 2 aromatic heterocycles. The second-order valence-electron chi connectivity index (χ2n) is 8.40. The van der Waals surface area contributed by atoms with Gasteiger partial charge >= 0.3 is 0 Å². The Hall–Kier alpha value is -3.46. The highest BCUT2D eigenvalue weighted by molar-refractivity contribution is 7.80. The standard InChI is InChI=1S/C27H21Cl2FN4O2S/c28-17-7-5-6-16(24(17)29)21-11-12-22(36-21)26-25(20-10-3-4-14-31-20)33-27(37)34(26)15-13-23(35)32-19-9-2-1-8-18(19)30/h1-12,14,25-26H,13,15H2,(H,32,35)(H,33,37)/t25-,26-/m0/s1. The molecule has 10 heteroatoms. The Bertz CT molecular complexity index is 1450. The van der Waals surface area contributed by atoms with Crippen molar-refractivity contribution in [1.29, 1.82) is 0 Å². The summed E-state index contributed by atoms with van der Waals surface area (Å²) in [4.78, 5) is 19.0. The zero-order valence-electron chi connectivity index (χ0n) is 19.3. The maximum absolute atomic E-state index is 14.0. The number of hydrogen-bond acceptors (Lipinski definition) is 4. The lowest BCUT2D eigenvalue weighted by atomic mass is 10.0. The van der Waals surface area contributed by atoms with Crippen LogP contribution in [0.1, 0.15) is 30.0 Å². The quantitative estimate of drug-likeness (QED) is 0.245. The van der Waals surface area contributed by atoms with E-state index in [-0.39, 0.29) is 30.6 Å². The number of benzene rings is 2. The molecule has 4 aromatic rings. The summed E-state index contributed by atoms with van der Waals surface area (Å²) in [6.45, 7) is 0.272. The molecular weight excluding hydrogens is 534 g/mol. The van der Waals surface area contributed by atoms with Crippen molar-refractivity contribution in [3.63, 3.8) is 0 Å². The lowest BCUT2D eigenvalue weighted by Crippen LogP contribution is -2.32. The SMILES string of the molecule is O=C(CCN1C(=S)N[C@@H](c2ccccn2)[C@@H]1c1ccc(-c2cccc(Cl)c2Cl)o1)Nc1ccccc1F. The molecule has 1 amide bonds. The zero-order chi connectivity index (χ0) is 25.9. The van der Waals surface area contributed by atoms with E-state index in [2.05, 4.69) is 15.6 Å². The minimum atomic E-state index is -0.495. The monoisotopic (exact) mass is 554 g/mol. The number of thiocarbonyl (C=S) groups is 1. The number of carbonyl (C=O) groups excluding carboxylic acids is 1. The highest BCUT2D eigenvalue weighted by atomic mass is 35.5. The molecule has 1 aliphatic heterocycles. The van der Waals surface area contributed by atoms with Gasteiger partial charge in [-0.3, -0.25) is 9.78 Å².